The van der Waals surface area contributed by atoms with Gasteiger partial charge in [0.1, 0.15) is 17.1 Å². The molecule has 0 aliphatic carbocycles. The number of halogens is 1. The first-order chi connectivity index (χ1) is 16.4. The van der Waals surface area contributed by atoms with E-state index in [0.717, 1.165) is 0 Å². The van der Waals surface area contributed by atoms with Crippen LogP contribution in [0.25, 0.3) is 22.1 Å². The molecule has 0 fully saturated rings. The van der Waals surface area contributed by atoms with E-state index in [0.29, 0.717) is 21.3 Å². The summed E-state index contributed by atoms with van der Waals surface area (Å²) in [4.78, 5) is 38.8. The van der Waals surface area contributed by atoms with Gasteiger partial charge in [-0.2, -0.15) is 0 Å². The quantitative estimate of drug-likeness (QED) is 0.239. The highest BCUT2D eigenvalue weighted by Gasteiger charge is 2.25. The maximum Gasteiger partial charge on any atom is 0.375 e. The lowest BCUT2D eigenvalue weighted by Crippen LogP contribution is -2.15. The van der Waals surface area contributed by atoms with Gasteiger partial charge in [0.25, 0.3) is 0 Å². The molecule has 4 rings (SSSR count). The molecular formula is C26H19BrO7. The molecule has 4 aromatic rings. The Kier molecular flexibility index (Phi) is 6.79. The number of carbonyl (C=O) groups is 2. The summed E-state index contributed by atoms with van der Waals surface area (Å²) in [5, 5.41) is 0.203. The highest BCUT2D eigenvalue weighted by atomic mass is 79.9. The summed E-state index contributed by atoms with van der Waals surface area (Å²) in [6, 6.07) is 18.0. The van der Waals surface area contributed by atoms with Crippen LogP contribution >= 0.6 is 15.9 Å². The van der Waals surface area contributed by atoms with Gasteiger partial charge in [-0.15, -0.1) is 0 Å². The van der Waals surface area contributed by atoms with Gasteiger partial charge in [0, 0.05) is 16.1 Å². The minimum Gasteiger partial charge on any atom is -0.496 e. The smallest absolute Gasteiger partial charge is 0.375 e. The summed E-state index contributed by atoms with van der Waals surface area (Å²) in [7, 11) is 1.47. The van der Waals surface area contributed by atoms with E-state index in [4.69, 9.17) is 18.6 Å². The Morgan fingerprint density at radius 1 is 0.971 bits per heavy atom. The van der Waals surface area contributed by atoms with Crippen LogP contribution in [0.3, 0.4) is 0 Å². The Balaban J connectivity index is 1.85. The van der Waals surface area contributed by atoms with Crippen LogP contribution in [0, 0.1) is 0 Å². The zero-order valence-electron chi connectivity index (χ0n) is 18.3. The lowest BCUT2D eigenvalue weighted by atomic mass is 10.0. The molecule has 0 N–H and O–H groups in total. The predicted octanol–water partition coefficient (Wildman–Crippen LogP) is 5.63. The van der Waals surface area contributed by atoms with E-state index in [2.05, 4.69) is 15.9 Å². The van der Waals surface area contributed by atoms with E-state index in [1.807, 2.05) is 0 Å². The predicted molar refractivity (Wildman–Crippen MR) is 130 cm³/mol. The molecule has 34 heavy (non-hydrogen) atoms. The maximum atomic E-state index is 13.5. The first kappa shape index (κ1) is 23.3. The van der Waals surface area contributed by atoms with Crippen LogP contribution < -0.4 is 14.9 Å². The molecule has 7 nitrogen and oxygen atoms in total. The van der Waals surface area contributed by atoms with Gasteiger partial charge in [-0.05, 0) is 53.2 Å². The molecule has 172 valence electrons. The SMILES string of the molecule is CCOC(=O)c1oc2cc(OC(=O)c3ccccc3Br)ccc2c(=O)c1-c1ccccc1OC. The second kappa shape index (κ2) is 9.93. The Morgan fingerprint density at radius 3 is 2.44 bits per heavy atom. The van der Waals surface area contributed by atoms with Crippen molar-refractivity contribution in [2.75, 3.05) is 13.7 Å². The fourth-order valence-electron chi connectivity index (χ4n) is 3.46. The number of methoxy groups -OCH3 is 1. The summed E-state index contributed by atoms with van der Waals surface area (Å²) >= 11 is 3.32. The number of hydrogen-bond donors (Lipinski definition) is 0. The molecule has 0 aliphatic rings. The standard InChI is InChI=1S/C26H19BrO7/c1-3-32-26(30)24-22(17-9-5-7-11-20(17)31-2)23(28)18-13-12-15(14-21(18)34-24)33-25(29)16-8-4-6-10-19(16)27/h4-14H,3H2,1-2H3. The first-order valence-corrected chi connectivity index (χ1v) is 11.1. The number of hydrogen-bond acceptors (Lipinski definition) is 7. The van der Waals surface area contributed by atoms with Gasteiger partial charge in [0.15, 0.2) is 0 Å². The first-order valence-electron chi connectivity index (χ1n) is 10.3. The van der Waals surface area contributed by atoms with E-state index >= 15 is 0 Å². The Morgan fingerprint density at radius 2 is 1.71 bits per heavy atom. The van der Waals surface area contributed by atoms with E-state index < -0.39 is 17.4 Å². The number of para-hydroxylation sites is 1. The number of rotatable bonds is 6. The fraction of sp³-hybridized carbons (Fsp3) is 0.115. The van der Waals surface area contributed by atoms with Crippen molar-refractivity contribution in [1.82, 2.24) is 0 Å². The Labute approximate surface area is 203 Å². The number of carbonyl (C=O) groups excluding carboxylic acids is 2. The van der Waals surface area contributed by atoms with Crippen molar-refractivity contribution in [3.63, 3.8) is 0 Å². The molecule has 0 radical (unpaired) electrons. The highest BCUT2D eigenvalue weighted by molar-refractivity contribution is 9.10. The molecule has 8 heteroatoms. The number of ether oxygens (including phenoxy) is 3. The topological polar surface area (TPSA) is 92.0 Å². The van der Waals surface area contributed by atoms with E-state index in [1.54, 1.807) is 55.5 Å². The van der Waals surface area contributed by atoms with Crippen molar-refractivity contribution in [2.24, 2.45) is 0 Å². The zero-order chi connectivity index (χ0) is 24.2. The van der Waals surface area contributed by atoms with Crippen LogP contribution in [-0.2, 0) is 4.74 Å². The summed E-state index contributed by atoms with van der Waals surface area (Å²) in [5.74, 6) is -1.10. The molecule has 0 aliphatic heterocycles. The molecular weight excluding hydrogens is 504 g/mol. The Hall–Kier alpha value is -3.91. The van der Waals surface area contributed by atoms with Crippen LogP contribution in [0.1, 0.15) is 27.8 Å². The monoisotopic (exact) mass is 522 g/mol. The lowest BCUT2D eigenvalue weighted by molar-refractivity contribution is 0.0491. The van der Waals surface area contributed by atoms with Crippen LogP contribution in [0.15, 0.2) is 80.4 Å². The summed E-state index contributed by atoms with van der Waals surface area (Å²) in [6.45, 7) is 1.74. The molecule has 0 saturated carbocycles. The van der Waals surface area contributed by atoms with Gasteiger partial charge in [-0.1, -0.05) is 30.3 Å². The van der Waals surface area contributed by atoms with Gasteiger partial charge in [0.2, 0.25) is 11.2 Å². The second-order valence-corrected chi connectivity index (χ2v) is 7.94. The highest BCUT2D eigenvalue weighted by Crippen LogP contribution is 2.33. The van der Waals surface area contributed by atoms with Crippen molar-refractivity contribution in [3.8, 4) is 22.6 Å². The van der Waals surface area contributed by atoms with Crippen LogP contribution in [0.5, 0.6) is 11.5 Å². The maximum absolute atomic E-state index is 13.5. The molecule has 0 spiro atoms. The van der Waals surface area contributed by atoms with E-state index in [-0.39, 0.29) is 34.6 Å². The zero-order valence-corrected chi connectivity index (χ0v) is 19.9. The normalized spacial score (nSPS) is 10.7. The second-order valence-electron chi connectivity index (χ2n) is 7.08. The van der Waals surface area contributed by atoms with Crippen molar-refractivity contribution < 1.29 is 28.2 Å². The van der Waals surface area contributed by atoms with Crippen molar-refractivity contribution in [2.45, 2.75) is 6.92 Å². The molecule has 3 aromatic carbocycles. The average molecular weight is 523 g/mol. The lowest BCUT2D eigenvalue weighted by Gasteiger charge is -2.13. The molecule has 1 aromatic heterocycles. The minimum atomic E-state index is -0.793. The molecule has 0 unspecified atom stereocenters. The van der Waals surface area contributed by atoms with Crippen molar-refractivity contribution in [3.05, 3.63) is 92.7 Å². The van der Waals surface area contributed by atoms with Crippen LogP contribution in [-0.4, -0.2) is 25.7 Å². The summed E-state index contributed by atoms with van der Waals surface area (Å²) < 4.78 is 22.4. The largest absolute Gasteiger partial charge is 0.496 e. The van der Waals surface area contributed by atoms with Gasteiger partial charge in [-0.3, -0.25) is 4.79 Å². The van der Waals surface area contributed by atoms with E-state index in [9.17, 15) is 14.4 Å². The van der Waals surface area contributed by atoms with Gasteiger partial charge in [0.05, 0.1) is 30.2 Å². The molecule has 1 heterocycles. The third kappa shape index (κ3) is 4.45. The Bertz CT molecular complexity index is 1460. The average Bonchev–Trinajstić information content (AvgIpc) is 2.84. The van der Waals surface area contributed by atoms with Crippen molar-refractivity contribution >= 4 is 38.8 Å². The van der Waals surface area contributed by atoms with Crippen LogP contribution in [0.2, 0.25) is 0 Å². The van der Waals surface area contributed by atoms with Gasteiger partial charge in [-0.25, -0.2) is 9.59 Å². The summed E-state index contributed by atoms with van der Waals surface area (Å²) in [5.41, 5.74) is 0.388. The van der Waals surface area contributed by atoms with E-state index in [1.165, 1.54) is 25.3 Å². The van der Waals surface area contributed by atoms with Crippen molar-refractivity contribution in [1.29, 1.82) is 0 Å². The molecule has 0 bridgehead atoms. The summed E-state index contributed by atoms with van der Waals surface area (Å²) in [6.07, 6.45) is 0. The van der Waals surface area contributed by atoms with Gasteiger partial charge >= 0.3 is 11.9 Å². The molecule has 0 saturated heterocycles. The number of esters is 2. The minimum absolute atomic E-state index is 0.0290. The fourth-order valence-corrected chi connectivity index (χ4v) is 3.91. The molecule has 0 atom stereocenters. The third-order valence-electron chi connectivity index (χ3n) is 5.01. The van der Waals surface area contributed by atoms with Crippen LogP contribution in [0.4, 0.5) is 0 Å². The number of benzene rings is 3. The van der Waals surface area contributed by atoms with Gasteiger partial charge < -0.3 is 18.6 Å². The number of fused-ring (bicyclic) bond motifs is 1. The molecule has 0 amide bonds. The third-order valence-corrected chi connectivity index (χ3v) is 5.70.